The fraction of sp³-hybridized carbons (Fsp3) is 0.800. The van der Waals surface area contributed by atoms with E-state index in [0.29, 0.717) is 0 Å². The van der Waals surface area contributed by atoms with Crippen molar-refractivity contribution >= 4 is 11.8 Å². The Labute approximate surface area is 79.2 Å². The molecule has 70 valence electrons. The first-order valence-corrected chi connectivity index (χ1v) is 5.83. The van der Waals surface area contributed by atoms with E-state index in [1.165, 1.54) is 29.9 Å². The summed E-state index contributed by atoms with van der Waals surface area (Å²) >= 11 is 2.06. The molecule has 1 nitrogen and oxygen atoms in total. The van der Waals surface area contributed by atoms with Crippen molar-refractivity contribution in [3.8, 4) is 0 Å². The zero-order valence-electron chi connectivity index (χ0n) is 7.59. The summed E-state index contributed by atoms with van der Waals surface area (Å²) in [5, 5.41) is 8.70. The van der Waals surface area contributed by atoms with Crippen molar-refractivity contribution in [2.24, 2.45) is 5.92 Å². The molecule has 0 aliphatic carbocycles. The second kappa shape index (κ2) is 5.65. The Morgan fingerprint density at radius 3 is 3.00 bits per heavy atom. The molecule has 1 unspecified atom stereocenters. The predicted molar refractivity (Wildman–Crippen MR) is 55.5 cm³/mol. The van der Waals surface area contributed by atoms with Crippen molar-refractivity contribution < 1.29 is 5.11 Å². The molecule has 0 radical (unpaired) electrons. The number of rotatable bonds is 4. The molecule has 0 aromatic heterocycles. The summed E-state index contributed by atoms with van der Waals surface area (Å²) < 4.78 is 0. The van der Waals surface area contributed by atoms with Crippen molar-refractivity contribution in [1.29, 1.82) is 0 Å². The Morgan fingerprint density at radius 2 is 2.42 bits per heavy atom. The quantitative estimate of drug-likeness (QED) is 0.681. The standard InChI is InChI=1S/C10H18OS/c1-9(4-5-11)7-10-3-2-6-12-8-10/h10-11H,1-8H2. The topological polar surface area (TPSA) is 20.2 Å². The summed E-state index contributed by atoms with van der Waals surface area (Å²) in [6.45, 7) is 4.23. The maximum atomic E-state index is 8.70. The van der Waals surface area contributed by atoms with Crippen LogP contribution in [-0.4, -0.2) is 23.2 Å². The van der Waals surface area contributed by atoms with Crippen LogP contribution in [0.25, 0.3) is 0 Å². The fourth-order valence-corrected chi connectivity index (χ4v) is 2.79. The molecule has 0 bridgehead atoms. The van der Waals surface area contributed by atoms with Crippen LogP contribution in [0.4, 0.5) is 0 Å². The second-order valence-electron chi connectivity index (χ2n) is 3.51. The van der Waals surface area contributed by atoms with Crippen LogP contribution >= 0.6 is 11.8 Å². The lowest BCUT2D eigenvalue weighted by Gasteiger charge is -2.21. The Bertz CT molecular complexity index is 139. The van der Waals surface area contributed by atoms with E-state index in [9.17, 15) is 0 Å². The van der Waals surface area contributed by atoms with Gasteiger partial charge in [-0.15, -0.1) is 0 Å². The van der Waals surface area contributed by atoms with Crippen LogP contribution in [0.1, 0.15) is 25.7 Å². The van der Waals surface area contributed by atoms with Gasteiger partial charge in [0.25, 0.3) is 0 Å². The van der Waals surface area contributed by atoms with Gasteiger partial charge in [0, 0.05) is 6.61 Å². The highest BCUT2D eigenvalue weighted by Gasteiger charge is 2.14. The molecule has 2 heteroatoms. The van der Waals surface area contributed by atoms with E-state index in [0.717, 1.165) is 18.8 Å². The van der Waals surface area contributed by atoms with E-state index >= 15 is 0 Å². The lowest BCUT2D eigenvalue weighted by atomic mass is 9.96. The molecule has 0 aromatic carbocycles. The molecular formula is C10H18OS. The smallest absolute Gasteiger partial charge is 0.0468 e. The minimum absolute atomic E-state index is 0.263. The molecule has 1 aliphatic rings. The third-order valence-corrected chi connectivity index (χ3v) is 3.58. The molecule has 1 aliphatic heterocycles. The minimum atomic E-state index is 0.263. The summed E-state index contributed by atoms with van der Waals surface area (Å²) in [6, 6.07) is 0. The van der Waals surface area contributed by atoms with Crippen LogP contribution in [0.5, 0.6) is 0 Å². The number of hydrogen-bond acceptors (Lipinski definition) is 2. The fourth-order valence-electron chi connectivity index (χ4n) is 1.64. The van der Waals surface area contributed by atoms with Gasteiger partial charge >= 0.3 is 0 Å². The van der Waals surface area contributed by atoms with Crippen LogP contribution in [-0.2, 0) is 0 Å². The van der Waals surface area contributed by atoms with Crippen molar-refractivity contribution in [2.45, 2.75) is 25.7 Å². The number of aliphatic hydroxyl groups excluding tert-OH is 1. The third-order valence-electron chi connectivity index (χ3n) is 2.30. The summed E-state index contributed by atoms with van der Waals surface area (Å²) in [5.41, 5.74) is 1.23. The zero-order valence-corrected chi connectivity index (χ0v) is 8.41. The monoisotopic (exact) mass is 186 g/mol. The molecule has 1 atom stereocenters. The Kier molecular flexibility index (Phi) is 4.77. The van der Waals surface area contributed by atoms with Gasteiger partial charge in [0.15, 0.2) is 0 Å². The number of aliphatic hydroxyl groups is 1. The Hall–Kier alpha value is 0.0500. The maximum absolute atomic E-state index is 8.70. The molecule has 1 fully saturated rings. The van der Waals surface area contributed by atoms with Gasteiger partial charge in [-0.1, -0.05) is 12.2 Å². The first kappa shape index (κ1) is 10.1. The zero-order chi connectivity index (χ0) is 8.81. The molecule has 0 spiro atoms. The van der Waals surface area contributed by atoms with Crippen LogP contribution in [0, 0.1) is 5.92 Å². The van der Waals surface area contributed by atoms with Crippen LogP contribution in [0.15, 0.2) is 12.2 Å². The van der Waals surface area contributed by atoms with E-state index in [2.05, 4.69) is 18.3 Å². The van der Waals surface area contributed by atoms with Gasteiger partial charge in [0.2, 0.25) is 0 Å². The molecule has 1 rings (SSSR count). The molecule has 0 amide bonds. The summed E-state index contributed by atoms with van der Waals surface area (Å²) in [7, 11) is 0. The summed E-state index contributed by atoms with van der Waals surface area (Å²) in [4.78, 5) is 0. The highest BCUT2D eigenvalue weighted by molar-refractivity contribution is 7.99. The maximum Gasteiger partial charge on any atom is 0.0468 e. The lowest BCUT2D eigenvalue weighted by Crippen LogP contribution is -2.11. The molecule has 1 saturated heterocycles. The molecule has 12 heavy (non-hydrogen) atoms. The second-order valence-corrected chi connectivity index (χ2v) is 4.66. The van der Waals surface area contributed by atoms with Crippen LogP contribution in [0.3, 0.4) is 0 Å². The number of hydrogen-bond donors (Lipinski definition) is 1. The molecule has 0 aromatic rings. The average molecular weight is 186 g/mol. The van der Waals surface area contributed by atoms with Gasteiger partial charge in [-0.3, -0.25) is 0 Å². The minimum Gasteiger partial charge on any atom is -0.396 e. The third kappa shape index (κ3) is 3.63. The average Bonchev–Trinajstić information content (AvgIpc) is 2.06. The van der Waals surface area contributed by atoms with Crippen molar-refractivity contribution in [2.75, 3.05) is 18.1 Å². The van der Waals surface area contributed by atoms with Crippen molar-refractivity contribution in [3.05, 3.63) is 12.2 Å². The first-order valence-electron chi connectivity index (χ1n) is 4.68. The number of thioether (sulfide) groups is 1. The van der Waals surface area contributed by atoms with Gasteiger partial charge in [0.1, 0.15) is 0 Å². The SMILES string of the molecule is C=C(CCO)CC1CCCSC1. The summed E-state index contributed by atoms with van der Waals surface area (Å²) in [6.07, 6.45) is 4.65. The van der Waals surface area contributed by atoms with E-state index in [1.54, 1.807) is 0 Å². The molecule has 0 saturated carbocycles. The highest BCUT2D eigenvalue weighted by Crippen LogP contribution is 2.27. The van der Waals surface area contributed by atoms with Crippen LogP contribution in [0.2, 0.25) is 0 Å². The van der Waals surface area contributed by atoms with Gasteiger partial charge in [-0.05, 0) is 43.1 Å². The largest absolute Gasteiger partial charge is 0.396 e. The van der Waals surface area contributed by atoms with Crippen molar-refractivity contribution in [1.82, 2.24) is 0 Å². The molecule has 1 heterocycles. The Morgan fingerprint density at radius 1 is 1.58 bits per heavy atom. The van der Waals surface area contributed by atoms with Gasteiger partial charge < -0.3 is 5.11 Å². The van der Waals surface area contributed by atoms with Crippen LogP contribution < -0.4 is 0 Å². The van der Waals surface area contributed by atoms with E-state index < -0.39 is 0 Å². The summed E-state index contributed by atoms with van der Waals surface area (Å²) in [5.74, 6) is 3.47. The normalized spacial score (nSPS) is 23.9. The predicted octanol–water partition coefficient (Wildman–Crippen LogP) is 2.46. The lowest BCUT2D eigenvalue weighted by molar-refractivity contribution is 0.296. The first-order chi connectivity index (χ1) is 5.83. The van der Waals surface area contributed by atoms with Gasteiger partial charge in [-0.25, -0.2) is 0 Å². The van der Waals surface area contributed by atoms with E-state index in [4.69, 9.17) is 5.11 Å². The van der Waals surface area contributed by atoms with E-state index in [1.807, 2.05) is 0 Å². The van der Waals surface area contributed by atoms with Gasteiger partial charge in [-0.2, -0.15) is 11.8 Å². The highest BCUT2D eigenvalue weighted by atomic mass is 32.2. The van der Waals surface area contributed by atoms with Crippen molar-refractivity contribution in [3.63, 3.8) is 0 Å². The molecule has 1 N–H and O–H groups in total. The Balaban J connectivity index is 2.15. The van der Waals surface area contributed by atoms with Gasteiger partial charge in [0.05, 0.1) is 0 Å². The molecular weight excluding hydrogens is 168 g/mol. The van der Waals surface area contributed by atoms with E-state index in [-0.39, 0.29) is 6.61 Å².